The van der Waals surface area contributed by atoms with E-state index in [1.807, 2.05) is 13.0 Å². The summed E-state index contributed by atoms with van der Waals surface area (Å²) in [4.78, 5) is 11.6. The Balaban J connectivity index is 2.02. The average molecular weight is 314 g/mol. The SMILES string of the molecule is C=C(C)C(=O)OC1CCC(c2ccc(C)cc2OC=CC)CC1. The molecule has 0 radical (unpaired) electrons. The number of aryl methyl sites for hydroxylation is 1. The molecule has 0 heterocycles. The van der Waals surface area contributed by atoms with Crippen LogP contribution in [0.2, 0.25) is 0 Å². The molecule has 0 spiro atoms. The molecule has 0 atom stereocenters. The minimum Gasteiger partial charge on any atom is -0.465 e. The van der Waals surface area contributed by atoms with Crippen LogP contribution in [0.15, 0.2) is 42.7 Å². The topological polar surface area (TPSA) is 35.5 Å². The predicted octanol–water partition coefficient (Wildman–Crippen LogP) is 5.05. The lowest BCUT2D eigenvalue weighted by Crippen LogP contribution is -2.24. The highest BCUT2D eigenvalue weighted by Gasteiger charge is 2.26. The number of hydrogen-bond acceptors (Lipinski definition) is 3. The monoisotopic (exact) mass is 314 g/mol. The second-order valence-electron chi connectivity index (χ2n) is 6.29. The van der Waals surface area contributed by atoms with E-state index in [0.717, 1.165) is 31.4 Å². The van der Waals surface area contributed by atoms with E-state index in [0.29, 0.717) is 11.5 Å². The average Bonchev–Trinajstić information content (AvgIpc) is 2.54. The largest absolute Gasteiger partial charge is 0.465 e. The number of allylic oxidation sites excluding steroid dienone is 1. The molecular weight excluding hydrogens is 288 g/mol. The molecule has 2 rings (SSSR count). The maximum absolute atomic E-state index is 11.6. The van der Waals surface area contributed by atoms with E-state index in [4.69, 9.17) is 9.47 Å². The van der Waals surface area contributed by atoms with Gasteiger partial charge in [0, 0.05) is 5.57 Å². The Labute approximate surface area is 139 Å². The van der Waals surface area contributed by atoms with Gasteiger partial charge in [-0.25, -0.2) is 4.79 Å². The maximum Gasteiger partial charge on any atom is 0.333 e. The number of benzene rings is 1. The van der Waals surface area contributed by atoms with Crippen LogP contribution < -0.4 is 4.74 Å². The molecule has 0 bridgehead atoms. The third-order valence-electron chi connectivity index (χ3n) is 4.24. The number of ether oxygens (including phenoxy) is 2. The van der Waals surface area contributed by atoms with Crippen molar-refractivity contribution >= 4 is 5.97 Å². The Morgan fingerprint density at radius 1 is 1.26 bits per heavy atom. The summed E-state index contributed by atoms with van der Waals surface area (Å²) in [5, 5.41) is 0. The van der Waals surface area contributed by atoms with E-state index < -0.39 is 0 Å². The fraction of sp³-hybridized carbons (Fsp3) is 0.450. The molecule has 0 N–H and O–H groups in total. The summed E-state index contributed by atoms with van der Waals surface area (Å²) >= 11 is 0. The highest BCUT2D eigenvalue weighted by atomic mass is 16.5. The van der Waals surface area contributed by atoms with Gasteiger partial charge in [0.1, 0.15) is 11.9 Å². The molecule has 0 unspecified atom stereocenters. The standard InChI is InChI=1S/C20H26O3/c1-5-12-22-19-13-15(4)6-11-18(19)16-7-9-17(10-8-16)23-20(21)14(2)3/h5-6,11-13,16-17H,2,7-10H2,1,3-4H3. The summed E-state index contributed by atoms with van der Waals surface area (Å²) < 4.78 is 11.2. The first kappa shape index (κ1) is 17.3. The molecule has 3 nitrogen and oxygen atoms in total. The van der Waals surface area contributed by atoms with Crippen LogP contribution in [-0.2, 0) is 9.53 Å². The summed E-state index contributed by atoms with van der Waals surface area (Å²) in [6, 6.07) is 6.38. The van der Waals surface area contributed by atoms with Crippen molar-refractivity contribution < 1.29 is 14.3 Å². The van der Waals surface area contributed by atoms with Crippen LogP contribution in [0.1, 0.15) is 56.6 Å². The molecule has 124 valence electrons. The molecule has 0 aromatic heterocycles. The summed E-state index contributed by atoms with van der Waals surface area (Å²) in [6.07, 6.45) is 7.41. The van der Waals surface area contributed by atoms with E-state index in [2.05, 4.69) is 31.7 Å². The Morgan fingerprint density at radius 3 is 2.57 bits per heavy atom. The van der Waals surface area contributed by atoms with Crippen molar-refractivity contribution in [1.82, 2.24) is 0 Å². The second-order valence-corrected chi connectivity index (χ2v) is 6.29. The molecule has 1 aromatic rings. The fourth-order valence-corrected chi connectivity index (χ4v) is 2.97. The molecule has 23 heavy (non-hydrogen) atoms. The van der Waals surface area contributed by atoms with Gasteiger partial charge in [0.15, 0.2) is 0 Å². The molecule has 0 saturated heterocycles. The number of carbonyl (C=O) groups is 1. The van der Waals surface area contributed by atoms with Crippen LogP contribution in [0.3, 0.4) is 0 Å². The van der Waals surface area contributed by atoms with Gasteiger partial charge in [-0.3, -0.25) is 0 Å². The van der Waals surface area contributed by atoms with E-state index in [-0.39, 0.29) is 12.1 Å². The van der Waals surface area contributed by atoms with Crippen LogP contribution in [-0.4, -0.2) is 12.1 Å². The lowest BCUT2D eigenvalue weighted by Gasteiger charge is -2.29. The van der Waals surface area contributed by atoms with E-state index >= 15 is 0 Å². The Hall–Kier alpha value is -2.03. The number of hydrogen-bond donors (Lipinski definition) is 0. The van der Waals surface area contributed by atoms with Gasteiger partial charge < -0.3 is 9.47 Å². The zero-order valence-corrected chi connectivity index (χ0v) is 14.3. The molecule has 1 fully saturated rings. The molecule has 1 aliphatic carbocycles. The zero-order chi connectivity index (χ0) is 16.8. The third kappa shape index (κ3) is 4.72. The second kappa shape index (κ2) is 8.00. The molecule has 1 aliphatic rings. The smallest absolute Gasteiger partial charge is 0.333 e. The van der Waals surface area contributed by atoms with Gasteiger partial charge in [-0.15, -0.1) is 0 Å². The molecule has 1 saturated carbocycles. The number of rotatable bonds is 5. The Bertz CT molecular complexity index is 593. The van der Waals surface area contributed by atoms with Crippen molar-refractivity contribution in [3.05, 3.63) is 53.8 Å². The van der Waals surface area contributed by atoms with Gasteiger partial charge in [-0.1, -0.05) is 24.8 Å². The number of carbonyl (C=O) groups excluding carboxylic acids is 1. The summed E-state index contributed by atoms with van der Waals surface area (Å²) in [5.41, 5.74) is 2.91. The van der Waals surface area contributed by atoms with Crippen molar-refractivity contribution in [2.75, 3.05) is 0 Å². The van der Waals surface area contributed by atoms with E-state index in [1.54, 1.807) is 13.2 Å². The van der Waals surface area contributed by atoms with Crippen LogP contribution >= 0.6 is 0 Å². The van der Waals surface area contributed by atoms with Gasteiger partial charge >= 0.3 is 5.97 Å². The predicted molar refractivity (Wildman–Crippen MR) is 92.5 cm³/mol. The summed E-state index contributed by atoms with van der Waals surface area (Å²) in [6.45, 7) is 9.33. The molecular formula is C20H26O3. The zero-order valence-electron chi connectivity index (χ0n) is 14.3. The maximum atomic E-state index is 11.6. The lowest BCUT2D eigenvalue weighted by molar-refractivity contribution is -0.145. The minimum absolute atomic E-state index is 0.0146. The summed E-state index contributed by atoms with van der Waals surface area (Å²) in [5.74, 6) is 1.11. The van der Waals surface area contributed by atoms with Crippen LogP contribution in [0.4, 0.5) is 0 Å². The minimum atomic E-state index is -0.277. The fourth-order valence-electron chi connectivity index (χ4n) is 2.97. The van der Waals surface area contributed by atoms with Crippen LogP contribution in [0, 0.1) is 6.92 Å². The first-order valence-corrected chi connectivity index (χ1v) is 8.26. The third-order valence-corrected chi connectivity index (χ3v) is 4.24. The van der Waals surface area contributed by atoms with E-state index in [1.165, 1.54) is 11.1 Å². The molecule has 0 aliphatic heterocycles. The Morgan fingerprint density at radius 2 is 1.96 bits per heavy atom. The van der Waals surface area contributed by atoms with Crippen molar-refractivity contribution in [3.63, 3.8) is 0 Å². The van der Waals surface area contributed by atoms with Crippen molar-refractivity contribution in [2.24, 2.45) is 0 Å². The highest BCUT2D eigenvalue weighted by Crippen LogP contribution is 2.39. The van der Waals surface area contributed by atoms with Crippen molar-refractivity contribution in [1.29, 1.82) is 0 Å². The van der Waals surface area contributed by atoms with Crippen molar-refractivity contribution in [3.8, 4) is 5.75 Å². The van der Waals surface area contributed by atoms with Crippen molar-refractivity contribution in [2.45, 2.75) is 58.5 Å². The van der Waals surface area contributed by atoms with Crippen LogP contribution in [0.5, 0.6) is 5.75 Å². The van der Waals surface area contributed by atoms with Gasteiger partial charge in [-0.05, 0) is 69.6 Å². The lowest BCUT2D eigenvalue weighted by atomic mass is 9.82. The van der Waals surface area contributed by atoms with Crippen LogP contribution in [0.25, 0.3) is 0 Å². The first-order chi connectivity index (χ1) is 11.0. The van der Waals surface area contributed by atoms with Gasteiger partial charge in [0.05, 0.1) is 6.26 Å². The molecule has 1 aromatic carbocycles. The highest BCUT2D eigenvalue weighted by molar-refractivity contribution is 5.87. The van der Waals surface area contributed by atoms with Gasteiger partial charge in [-0.2, -0.15) is 0 Å². The molecule has 0 amide bonds. The molecule has 3 heteroatoms. The first-order valence-electron chi connectivity index (χ1n) is 8.26. The van der Waals surface area contributed by atoms with Gasteiger partial charge in [0.2, 0.25) is 0 Å². The quantitative estimate of drug-likeness (QED) is 0.433. The normalized spacial score (nSPS) is 21.2. The van der Waals surface area contributed by atoms with Gasteiger partial charge in [0.25, 0.3) is 0 Å². The summed E-state index contributed by atoms with van der Waals surface area (Å²) in [7, 11) is 0. The van der Waals surface area contributed by atoms with E-state index in [9.17, 15) is 4.79 Å². The number of esters is 1. The Kier molecular flexibility index (Phi) is 6.03.